The zero-order valence-electron chi connectivity index (χ0n) is 11.7. The Morgan fingerprint density at radius 1 is 1.44 bits per heavy atom. The number of nitrogens with zero attached hydrogens (tertiary/aromatic N) is 1. The lowest BCUT2D eigenvalue weighted by molar-refractivity contribution is 1.04. The monoisotopic (exact) mass is 300 g/mol. The van der Waals surface area contributed by atoms with Crippen molar-refractivity contribution in [2.75, 3.05) is 12.8 Å². The second-order valence-electron chi connectivity index (χ2n) is 4.34. The lowest BCUT2D eigenvalue weighted by Gasteiger charge is -2.13. The van der Waals surface area contributed by atoms with E-state index in [4.69, 9.17) is 12.2 Å². The lowest BCUT2D eigenvalue weighted by Crippen LogP contribution is -2.03. The maximum absolute atomic E-state index is 9.28. The summed E-state index contributed by atoms with van der Waals surface area (Å²) in [6.07, 6.45) is 11.4. The Balaban J connectivity index is 4.44. The molecule has 100 valence electrons. The first kappa shape index (κ1) is 17.8. The molecule has 0 bridgehead atoms. The van der Waals surface area contributed by atoms with Crippen molar-refractivity contribution in [3.63, 3.8) is 0 Å². The highest BCUT2D eigenvalue weighted by molar-refractivity contribution is 8.72. The van der Waals surface area contributed by atoms with E-state index in [1.54, 1.807) is 11.4 Å². The summed E-state index contributed by atoms with van der Waals surface area (Å²) in [6.45, 7) is 6.84. The molecular formula is C14H23NPS2+. The molecule has 2 unspecified atom stereocenters. The summed E-state index contributed by atoms with van der Waals surface area (Å²) in [7, 11) is 0. The minimum absolute atomic E-state index is 0.246. The number of thiocarbonyl (C=S) groups is 1. The third-order valence-electron chi connectivity index (χ3n) is 2.41. The predicted molar refractivity (Wildman–Crippen MR) is 91.5 cm³/mol. The van der Waals surface area contributed by atoms with Gasteiger partial charge in [0, 0.05) is 5.92 Å². The minimum Gasteiger partial charge on any atom is -0.150 e. The molecule has 0 aliphatic heterocycles. The zero-order chi connectivity index (χ0) is 14.0. The summed E-state index contributed by atoms with van der Waals surface area (Å²) in [5, 5.41) is 9.28. The molecule has 4 heteroatoms. The normalized spacial score (nSPS) is 16.6. The topological polar surface area (TPSA) is 23.8 Å². The van der Waals surface area contributed by atoms with Crippen molar-refractivity contribution in [1.29, 1.82) is 5.26 Å². The van der Waals surface area contributed by atoms with E-state index < -0.39 is 6.46 Å². The summed E-state index contributed by atoms with van der Waals surface area (Å²) in [5.41, 5.74) is 0. The van der Waals surface area contributed by atoms with Crippen molar-refractivity contribution in [3.8, 4) is 5.81 Å². The van der Waals surface area contributed by atoms with Gasteiger partial charge in [0.2, 0.25) is 0 Å². The molecule has 0 aromatic carbocycles. The minimum atomic E-state index is -1.58. The number of rotatable bonds is 7. The summed E-state index contributed by atoms with van der Waals surface area (Å²) in [6, 6.07) is 0. The molecule has 0 N–H and O–H groups in total. The SMILES string of the molecule is CC/C=C\C=C/C(C)C(=S)S[P+](C)(C#N)CCC. The van der Waals surface area contributed by atoms with E-state index in [1.165, 1.54) is 0 Å². The molecule has 0 spiro atoms. The molecule has 0 aliphatic rings. The molecular weight excluding hydrogens is 277 g/mol. The molecule has 0 aromatic rings. The zero-order valence-corrected chi connectivity index (χ0v) is 14.2. The fourth-order valence-electron chi connectivity index (χ4n) is 1.35. The van der Waals surface area contributed by atoms with Crippen LogP contribution in [0.4, 0.5) is 0 Å². The fourth-order valence-corrected chi connectivity index (χ4v) is 7.27. The van der Waals surface area contributed by atoms with Crippen LogP contribution in [0.15, 0.2) is 24.3 Å². The number of hydrogen-bond acceptors (Lipinski definition) is 3. The van der Waals surface area contributed by atoms with Crippen LogP contribution in [0.3, 0.4) is 0 Å². The molecule has 0 rings (SSSR count). The van der Waals surface area contributed by atoms with Crippen molar-refractivity contribution in [2.24, 2.45) is 5.92 Å². The van der Waals surface area contributed by atoms with Gasteiger partial charge in [-0.25, -0.2) is 0 Å². The average molecular weight is 300 g/mol. The Bertz CT molecular complexity index is 357. The lowest BCUT2D eigenvalue weighted by atomic mass is 10.2. The van der Waals surface area contributed by atoms with Gasteiger partial charge in [0.15, 0.2) is 6.46 Å². The van der Waals surface area contributed by atoms with Gasteiger partial charge in [0.25, 0.3) is 5.81 Å². The van der Waals surface area contributed by atoms with Gasteiger partial charge in [-0.1, -0.05) is 57.3 Å². The molecule has 0 heterocycles. The molecule has 18 heavy (non-hydrogen) atoms. The summed E-state index contributed by atoms with van der Waals surface area (Å²) in [4.78, 5) is 0. The summed E-state index contributed by atoms with van der Waals surface area (Å²) >= 11 is 7.10. The first-order valence-electron chi connectivity index (χ1n) is 6.32. The molecule has 0 fully saturated rings. The molecule has 0 aliphatic carbocycles. The second-order valence-corrected chi connectivity index (χ2v) is 11.5. The van der Waals surface area contributed by atoms with Gasteiger partial charge in [-0.3, -0.25) is 0 Å². The third kappa shape index (κ3) is 7.31. The summed E-state index contributed by atoms with van der Waals surface area (Å²) < 4.78 is 0.946. The Labute approximate surface area is 122 Å². The van der Waals surface area contributed by atoms with Crippen molar-refractivity contribution >= 4 is 34.3 Å². The van der Waals surface area contributed by atoms with Gasteiger partial charge in [-0.05, 0) is 12.8 Å². The Kier molecular flexibility index (Phi) is 9.64. The van der Waals surface area contributed by atoms with E-state index in [1.807, 2.05) is 6.08 Å². The molecule has 0 aromatic heterocycles. The maximum Gasteiger partial charge on any atom is 0.250 e. The molecule has 0 saturated carbocycles. The van der Waals surface area contributed by atoms with Gasteiger partial charge < -0.3 is 0 Å². The molecule has 0 saturated heterocycles. The largest absolute Gasteiger partial charge is 0.250 e. The van der Waals surface area contributed by atoms with Crippen LogP contribution in [0.5, 0.6) is 0 Å². The highest BCUT2D eigenvalue weighted by Gasteiger charge is 2.36. The van der Waals surface area contributed by atoms with E-state index in [-0.39, 0.29) is 5.92 Å². The van der Waals surface area contributed by atoms with E-state index >= 15 is 0 Å². The number of nitriles is 1. The first-order valence-corrected chi connectivity index (χ1v) is 10.6. The van der Waals surface area contributed by atoms with Crippen LogP contribution in [0.1, 0.15) is 33.6 Å². The van der Waals surface area contributed by atoms with E-state index in [2.05, 4.69) is 51.5 Å². The van der Waals surface area contributed by atoms with Gasteiger partial charge in [0.05, 0.1) is 28.4 Å². The molecule has 1 nitrogen and oxygen atoms in total. The fraction of sp³-hybridized carbons (Fsp3) is 0.571. The standard InChI is InChI=1S/C14H23NPS2/c1-5-7-8-9-10-13(3)14(17)18-16(4,12-15)11-6-2/h7-10,13H,5-6,11H2,1-4H3/q+1/b8-7-,10-9-. The molecule has 0 amide bonds. The van der Waals surface area contributed by atoms with Crippen molar-refractivity contribution in [1.82, 2.24) is 0 Å². The highest BCUT2D eigenvalue weighted by Crippen LogP contribution is 2.67. The number of hydrogen-bond donors (Lipinski definition) is 0. The van der Waals surface area contributed by atoms with Crippen LogP contribution in [-0.2, 0) is 0 Å². The quantitative estimate of drug-likeness (QED) is 0.344. The molecule has 0 radical (unpaired) electrons. The number of allylic oxidation sites excluding steroid dienone is 4. The van der Waals surface area contributed by atoms with Crippen LogP contribution in [0, 0.1) is 17.0 Å². The Morgan fingerprint density at radius 2 is 2.11 bits per heavy atom. The Hall–Kier alpha value is -0.160. The van der Waals surface area contributed by atoms with Crippen LogP contribution in [0.25, 0.3) is 0 Å². The predicted octanol–water partition coefficient (Wildman–Crippen LogP) is 5.66. The van der Waals surface area contributed by atoms with E-state index in [0.717, 1.165) is 23.2 Å². The van der Waals surface area contributed by atoms with Crippen molar-refractivity contribution < 1.29 is 0 Å². The second kappa shape index (κ2) is 9.73. The van der Waals surface area contributed by atoms with Crippen LogP contribution < -0.4 is 0 Å². The summed E-state index contributed by atoms with van der Waals surface area (Å²) in [5.74, 6) is 2.74. The van der Waals surface area contributed by atoms with Gasteiger partial charge in [-0.2, -0.15) is 5.26 Å². The van der Waals surface area contributed by atoms with Crippen molar-refractivity contribution in [2.45, 2.75) is 33.6 Å². The van der Waals surface area contributed by atoms with Crippen LogP contribution >= 0.6 is 30.1 Å². The van der Waals surface area contributed by atoms with Gasteiger partial charge in [-0.15, -0.1) is 0 Å². The molecule has 2 atom stereocenters. The Morgan fingerprint density at radius 3 is 2.61 bits per heavy atom. The van der Waals surface area contributed by atoms with Crippen LogP contribution in [0.2, 0.25) is 0 Å². The smallest absolute Gasteiger partial charge is 0.150 e. The van der Waals surface area contributed by atoms with E-state index in [9.17, 15) is 5.26 Å². The van der Waals surface area contributed by atoms with E-state index in [0.29, 0.717) is 0 Å². The maximum atomic E-state index is 9.28. The van der Waals surface area contributed by atoms with Gasteiger partial charge in [0.1, 0.15) is 0 Å². The first-order chi connectivity index (χ1) is 8.49. The third-order valence-corrected chi connectivity index (χ3v) is 8.67. The van der Waals surface area contributed by atoms with Crippen LogP contribution in [-0.4, -0.2) is 17.0 Å². The van der Waals surface area contributed by atoms with Gasteiger partial charge >= 0.3 is 0 Å². The van der Waals surface area contributed by atoms with Crippen molar-refractivity contribution in [3.05, 3.63) is 24.3 Å². The highest BCUT2D eigenvalue weighted by atomic mass is 32.7. The average Bonchev–Trinajstić information content (AvgIpc) is 2.34.